The van der Waals surface area contributed by atoms with Gasteiger partial charge in [0, 0.05) is 0 Å². The van der Waals surface area contributed by atoms with Crippen LogP contribution in [0.5, 0.6) is 0 Å². The minimum Gasteiger partial charge on any atom is -0.462 e. The van der Waals surface area contributed by atoms with Gasteiger partial charge in [0.15, 0.2) is 0 Å². The third kappa shape index (κ3) is 10.7. The molecule has 4 nitrogen and oxygen atoms in total. The van der Waals surface area contributed by atoms with Crippen LogP contribution in [0.1, 0.15) is 148 Å². The normalized spacial score (nSPS) is 13.9. The summed E-state index contributed by atoms with van der Waals surface area (Å²) < 4.78 is 10.7. The molecule has 5 rings (SSSR count). The summed E-state index contributed by atoms with van der Waals surface area (Å²) in [6.07, 6.45) is 17.5. The number of carbonyl (C=O) groups excluding carboxylic acids is 2. The molecule has 0 aliphatic heterocycles. The van der Waals surface area contributed by atoms with Gasteiger partial charge in [-0.1, -0.05) is 146 Å². The fourth-order valence-electron chi connectivity index (χ4n) is 6.74. The highest BCUT2D eigenvalue weighted by Gasteiger charge is 2.20. The van der Waals surface area contributed by atoms with Crippen LogP contribution in [0.3, 0.4) is 0 Å². The highest BCUT2D eigenvalue weighted by molar-refractivity contribution is 6.08. The summed E-state index contributed by atoms with van der Waals surface area (Å²) >= 11 is 0. The zero-order valence-corrected chi connectivity index (χ0v) is 29.2. The maximum atomic E-state index is 12.4. The Kier molecular flexibility index (Phi) is 15.3. The number of unbranched alkanes of at least 4 members (excludes halogenated alkanes) is 10. The summed E-state index contributed by atoms with van der Waals surface area (Å²) in [5, 5.41) is 5.63. The van der Waals surface area contributed by atoms with E-state index in [9.17, 15) is 9.59 Å². The Morgan fingerprint density at radius 3 is 1.74 bits per heavy atom. The first-order valence-corrected chi connectivity index (χ1v) is 18.4. The highest BCUT2D eigenvalue weighted by Crippen LogP contribution is 2.37. The van der Waals surface area contributed by atoms with Gasteiger partial charge in [-0.15, -0.1) is 0 Å². The van der Waals surface area contributed by atoms with Crippen LogP contribution < -0.4 is 0 Å². The van der Waals surface area contributed by atoms with E-state index in [2.05, 4.69) is 69.3 Å². The van der Waals surface area contributed by atoms with Gasteiger partial charge in [-0.25, -0.2) is 9.59 Å². The molecule has 0 saturated heterocycles. The predicted molar refractivity (Wildman–Crippen MR) is 197 cm³/mol. The molecule has 0 N–H and O–H groups in total. The van der Waals surface area contributed by atoms with E-state index in [1.165, 1.54) is 92.2 Å². The summed E-state index contributed by atoms with van der Waals surface area (Å²) in [6.45, 7) is 7.54. The van der Waals surface area contributed by atoms with E-state index in [1.807, 2.05) is 0 Å². The molecule has 4 aromatic carbocycles. The van der Waals surface area contributed by atoms with Crippen LogP contribution >= 0.6 is 0 Å². The largest absolute Gasteiger partial charge is 0.462 e. The fourth-order valence-corrected chi connectivity index (χ4v) is 6.74. The number of carbonyl (C=O) groups is 2. The smallest absolute Gasteiger partial charge is 0.339 e. The molecule has 4 heteroatoms. The van der Waals surface area contributed by atoms with Gasteiger partial charge in [0.25, 0.3) is 0 Å². The number of benzene rings is 4. The van der Waals surface area contributed by atoms with Crippen LogP contribution in [0.4, 0.5) is 0 Å². The number of fused-ring (bicyclic) bond motifs is 5. The Labute approximate surface area is 283 Å². The second-order valence-electron chi connectivity index (χ2n) is 13.2. The topological polar surface area (TPSA) is 52.6 Å². The molecule has 0 bridgehead atoms. The molecule has 0 saturated carbocycles. The summed E-state index contributed by atoms with van der Waals surface area (Å²) in [7, 11) is 0. The van der Waals surface area contributed by atoms with E-state index in [0.717, 1.165) is 31.6 Å². The maximum absolute atomic E-state index is 12.4. The van der Waals surface area contributed by atoms with Gasteiger partial charge < -0.3 is 9.47 Å². The van der Waals surface area contributed by atoms with Gasteiger partial charge in [0.05, 0.1) is 24.3 Å². The number of ether oxygens (including phenoxy) is 2. The third-order valence-corrected chi connectivity index (χ3v) is 9.50. The zero-order chi connectivity index (χ0) is 33.3. The zero-order valence-electron chi connectivity index (χ0n) is 29.2. The van der Waals surface area contributed by atoms with Crippen LogP contribution in [-0.2, 0) is 15.9 Å². The lowest BCUT2D eigenvalue weighted by Crippen LogP contribution is -2.15. The van der Waals surface area contributed by atoms with Crippen molar-refractivity contribution in [3.05, 3.63) is 95.1 Å². The molecule has 0 fully saturated rings. The minimum atomic E-state index is -0.444. The predicted octanol–water partition coefficient (Wildman–Crippen LogP) is 12.2. The Morgan fingerprint density at radius 2 is 1.13 bits per heavy atom. The van der Waals surface area contributed by atoms with Crippen LogP contribution in [0, 0.1) is 0 Å². The van der Waals surface area contributed by atoms with Crippen molar-refractivity contribution in [3.63, 3.8) is 0 Å². The average molecular weight is 637 g/mol. The lowest BCUT2D eigenvalue weighted by Gasteiger charge is -2.24. The molecule has 0 heterocycles. The second kappa shape index (κ2) is 19.9. The highest BCUT2D eigenvalue weighted by atomic mass is 16.5. The van der Waals surface area contributed by atoms with Gasteiger partial charge >= 0.3 is 11.9 Å². The minimum absolute atomic E-state index is 0.293. The van der Waals surface area contributed by atoms with Gasteiger partial charge in [-0.2, -0.15) is 0 Å². The molecule has 252 valence electrons. The molecule has 0 radical (unpaired) electrons. The fraction of sp³-hybridized carbons (Fsp3) is 0.488. The van der Waals surface area contributed by atoms with Crippen molar-refractivity contribution < 1.29 is 19.1 Å². The van der Waals surface area contributed by atoms with Crippen molar-refractivity contribution in [1.29, 1.82) is 0 Å². The van der Waals surface area contributed by atoms with E-state index in [0.29, 0.717) is 24.3 Å². The van der Waals surface area contributed by atoms with Crippen LogP contribution in [0.15, 0.2) is 72.8 Å². The monoisotopic (exact) mass is 636 g/mol. The van der Waals surface area contributed by atoms with Crippen molar-refractivity contribution in [2.75, 3.05) is 13.2 Å². The van der Waals surface area contributed by atoms with Crippen LogP contribution in [0.2, 0.25) is 0 Å². The molecule has 0 amide bonds. The lowest BCUT2D eigenvalue weighted by molar-refractivity contribution is 0.0450. The number of hydrogen-bond acceptors (Lipinski definition) is 4. The molecular weight excluding hydrogens is 580 g/mol. The van der Waals surface area contributed by atoms with Gasteiger partial charge in [0.1, 0.15) is 0 Å². The molecule has 1 aliphatic rings. The first-order valence-electron chi connectivity index (χ1n) is 18.4. The number of hydrogen-bond donors (Lipinski definition) is 0. The summed E-state index contributed by atoms with van der Waals surface area (Å²) in [6, 6.07) is 24.8. The molecule has 4 aromatic rings. The molecular formula is C43H56O4. The summed E-state index contributed by atoms with van der Waals surface area (Å²) in [5.74, 6) is -0.166. The lowest BCUT2D eigenvalue weighted by atomic mass is 9.81. The third-order valence-electron chi connectivity index (χ3n) is 9.50. The van der Waals surface area contributed by atoms with Crippen molar-refractivity contribution in [2.24, 2.45) is 0 Å². The summed E-state index contributed by atoms with van der Waals surface area (Å²) in [4.78, 5) is 24.7. The Morgan fingerprint density at radius 1 is 0.596 bits per heavy atom. The second-order valence-corrected chi connectivity index (χ2v) is 13.2. The number of esters is 2. The van der Waals surface area contributed by atoms with E-state index >= 15 is 0 Å². The molecule has 1 aliphatic carbocycles. The van der Waals surface area contributed by atoms with E-state index in [4.69, 9.17) is 9.47 Å². The van der Waals surface area contributed by atoms with E-state index in [-0.39, 0.29) is 0 Å². The van der Waals surface area contributed by atoms with Gasteiger partial charge in [-0.05, 0) is 82.8 Å². The Balaban J connectivity index is 0.000000226. The molecule has 0 spiro atoms. The molecule has 1 unspecified atom stereocenters. The summed E-state index contributed by atoms with van der Waals surface area (Å²) in [5.41, 5.74) is 3.76. The Hall–Kier alpha value is -3.66. The van der Waals surface area contributed by atoms with Gasteiger partial charge in [0.2, 0.25) is 0 Å². The number of rotatable bonds is 16. The Bertz CT molecular complexity index is 1510. The van der Waals surface area contributed by atoms with E-state index < -0.39 is 11.9 Å². The quantitative estimate of drug-likeness (QED) is 0.0697. The van der Waals surface area contributed by atoms with E-state index in [1.54, 1.807) is 35.4 Å². The van der Waals surface area contributed by atoms with Crippen molar-refractivity contribution in [2.45, 2.75) is 123 Å². The van der Waals surface area contributed by atoms with Crippen LogP contribution in [0.25, 0.3) is 21.5 Å². The molecule has 47 heavy (non-hydrogen) atoms. The molecule has 1 atom stereocenters. The standard InChI is InChI=1S/C24H38O4.C19H18/c1-3-5-7-9-11-15-19-27-23(25)21-17-13-14-18-22(21)24(26)28-20-16-12-10-8-6-4-2;1-13-5-4-8-17-15(13)11-12-18-16-7-3-2-6-14(16)9-10-19(17)18/h13-14,17-18H,3-12,15-16,19-20H2,1-2H3;2-3,6-7,9-13H,4-5,8H2,1H3. The van der Waals surface area contributed by atoms with Gasteiger partial charge in [-0.3, -0.25) is 0 Å². The maximum Gasteiger partial charge on any atom is 0.339 e. The average Bonchev–Trinajstić information content (AvgIpc) is 3.11. The first kappa shape index (κ1) is 36.2. The molecule has 0 aromatic heterocycles. The first-order chi connectivity index (χ1) is 23.0. The number of aryl methyl sites for hydroxylation is 1. The van der Waals surface area contributed by atoms with Crippen molar-refractivity contribution >= 4 is 33.5 Å². The van der Waals surface area contributed by atoms with Crippen LogP contribution in [-0.4, -0.2) is 25.2 Å². The van der Waals surface area contributed by atoms with Crippen molar-refractivity contribution in [3.8, 4) is 0 Å². The SMILES string of the molecule is CC1CCCc2c1ccc1c2ccc2ccccc21.CCCCCCCCOC(=O)c1ccccc1C(=O)OCCCCCCCC. The van der Waals surface area contributed by atoms with Crippen molar-refractivity contribution in [1.82, 2.24) is 0 Å².